The van der Waals surface area contributed by atoms with E-state index in [1.54, 1.807) is 0 Å². The third-order valence-electron chi connectivity index (χ3n) is 8.61. The molecule has 4 nitrogen and oxygen atoms in total. The summed E-state index contributed by atoms with van der Waals surface area (Å²) in [5.41, 5.74) is 10.9. The Labute approximate surface area is 253 Å². The summed E-state index contributed by atoms with van der Waals surface area (Å²) in [7, 11) is 0. The predicted octanol–water partition coefficient (Wildman–Crippen LogP) is 10.4. The van der Waals surface area contributed by atoms with E-state index in [0.717, 1.165) is 83.1 Å². The molecule has 0 aliphatic carbocycles. The van der Waals surface area contributed by atoms with Crippen LogP contribution in [-0.2, 0) is 0 Å². The molecule has 0 bridgehead atoms. The van der Waals surface area contributed by atoms with E-state index in [1.807, 2.05) is 54.6 Å². The fraction of sp³-hybridized carbons (Fsp3) is 0. The normalized spacial score (nSPS) is 11.6. The SMILES string of the molecule is N#Cc1ccc2c3cc(-c4ccc(-c5oc6ccccc6c6nc7ccccc7c5-6)cc4)ccc3n(-c3ccccc3)c2c1. The van der Waals surface area contributed by atoms with Gasteiger partial charge in [-0.25, -0.2) is 4.98 Å². The zero-order valence-electron chi connectivity index (χ0n) is 23.5. The molecule has 0 unspecified atom stereocenters. The Morgan fingerprint density at radius 2 is 1.30 bits per heavy atom. The van der Waals surface area contributed by atoms with Gasteiger partial charge in [0.25, 0.3) is 0 Å². The lowest BCUT2D eigenvalue weighted by Gasteiger charge is -2.12. The quantitative estimate of drug-likeness (QED) is 0.216. The monoisotopic (exact) mass is 561 g/mol. The molecule has 0 N–H and O–H groups in total. The summed E-state index contributed by atoms with van der Waals surface area (Å²) < 4.78 is 8.82. The van der Waals surface area contributed by atoms with Crippen LogP contribution in [0.2, 0.25) is 0 Å². The van der Waals surface area contributed by atoms with Crippen molar-refractivity contribution in [2.75, 3.05) is 0 Å². The lowest BCUT2D eigenvalue weighted by Crippen LogP contribution is -1.93. The molecular weight excluding hydrogens is 538 g/mol. The van der Waals surface area contributed by atoms with Crippen molar-refractivity contribution in [3.63, 3.8) is 0 Å². The number of nitriles is 1. The van der Waals surface area contributed by atoms with E-state index < -0.39 is 0 Å². The molecular formula is C40H23N3O. The third kappa shape index (κ3) is 3.60. The van der Waals surface area contributed by atoms with Gasteiger partial charge in [-0.05, 0) is 65.7 Å². The van der Waals surface area contributed by atoms with E-state index in [0.29, 0.717) is 5.56 Å². The average Bonchev–Trinajstić information content (AvgIpc) is 3.64. The van der Waals surface area contributed by atoms with Crippen LogP contribution in [0, 0.1) is 11.3 Å². The van der Waals surface area contributed by atoms with Crippen LogP contribution in [0.1, 0.15) is 5.56 Å². The summed E-state index contributed by atoms with van der Waals surface area (Å²) in [6.45, 7) is 0. The predicted molar refractivity (Wildman–Crippen MR) is 178 cm³/mol. The van der Waals surface area contributed by atoms with Crippen LogP contribution >= 0.6 is 0 Å². The van der Waals surface area contributed by atoms with Crippen molar-refractivity contribution in [3.05, 3.63) is 145 Å². The number of hydrogen-bond donors (Lipinski definition) is 0. The molecule has 0 saturated carbocycles. The molecule has 204 valence electrons. The molecule has 0 atom stereocenters. The molecule has 0 fully saturated rings. The highest BCUT2D eigenvalue weighted by Crippen LogP contribution is 2.44. The van der Waals surface area contributed by atoms with Crippen LogP contribution in [0.25, 0.3) is 83.1 Å². The Bertz CT molecular complexity index is 2550. The Morgan fingerprint density at radius 1 is 0.568 bits per heavy atom. The smallest absolute Gasteiger partial charge is 0.144 e. The lowest BCUT2D eigenvalue weighted by atomic mass is 9.97. The van der Waals surface area contributed by atoms with Crippen molar-refractivity contribution >= 4 is 43.7 Å². The fourth-order valence-corrected chi connectivity index (χ4v) is 6.57. The molecule has 9 rings (SSSR count). The average molecular weight is 562 g/mol. The second-order valence-electron chi connectivity index (χ2n) is 11.1. The Balaban J connectivity index is 1.20. The van der Waals surface area contributed by atoms with E-state index in [1.165, 1.54) is 0 Å². The third-order valence-corrected chi connectivity index (χ3v) is 8.61. The number of para-hydroxylation sites is 3. The van der Waals surface area contributed by atoms with Gasteiger partial charge in [-0.2, -0.15) is 5.26 Å². The first-order valence-corrected chi connectivity index (χ1v) is 14.6. The van der Waals surface area contributed by atoms with Crippen LogP contribution in [0.3, 0.4) is 0 Å². The van der Waals surface area contributed by atoms with Crippen LogP contribution in [0.15, 0.2) is 144 Å². The number of fused-ring (bicyclic) bond motifs is 8. The number of hydrogen-bond acceptors (Lipinski definition) is 3. The molecule has 0 amide bonds. The largest absolute Gasteiger partial charge is 0.455 e. The van der Waals surface area contributed by atoms with Gasteiger partial charge in [0.15, 0.2) is 0 Å². The van der Waals surface area contributed by atoms with Crippen LogP contribution in [0.5, 0.6) is 0 Å². The lowest BCUT2D eigenvalue weighted by molar-refractivity contribution is 0.622. The van der Waals surface area contributed by atoms with Crippen LogP contribution in [0.4, 0.5) is 0 Å². The minimum atomic E-state index is 0.648. The molecule has 44 heavy (non-hydrogen) atoms. The van der Waals surface area contributed by atoms with Crippen molar-refractivity contribution < 1.29 is 4.42 Å². The highest BCUT2D eigenvalue weighted by Gasteiger charge is 2.23. The maximum Gasteiger partial charge on any atom is 0.144 e. The molecule has 0 spiro atoms. The van der Waals surface area contributed by atoms with E-state index >= 15 is 0 Å². The minimum Gasteiger partial charge on any atom is -0.455 e. The van der Waals surface area contributed by atoms with Gasteiger partial charge >= 0.3 is 0 Å². The van der Waals surface area contributed by atoms with Crippen LogP contribution < -0.4 is 0 Å². The minimum absolute atomic E-state index is 0.648. The highest BCUT2D eigenvalue weighted by molar-refractivity contribution is 6.12. The Morgan fingerprint density at radius 3 is 2.14 bits per heavy atom. The van der Waals surface area contributed by atoms with Crippen molar-refractivity contribution in [1.82, 2.24) is 9.55 Å². The number of rotatable bonds is 3. The zero-order chi connectivity index (χ0) is 29.2. The van der Waals surface area contributed by atoms with Gasteiger partial charge in [0.1, 0.15) is 11.3 Å². The summed E-state index contributed by atoms with van der Waals surface area (Å²) in [5.74, 6) is 0.827. The first-order chi connectivity index (χ1) is 21.8. The topological polar surface area (TPSA) is 54.8 Å². The van der Waals surface area contributed by atoms with Crippen molar-refractivity contribution in [1.29, 1.82) is 5.26 Å². The van der Waals surface area contributed by atoms with E-state index in [9.17, 15) is 5.26 Å². The van der Waals surface area contributed by atoms with E-state index in [-0.39, 0.29) is 0 Å². The second kappa shape index (κ2) is 9.42. The highest BCUT2D eigenvalue weighted by atomic mass is 16.3. The summed E-state index contributed by atoms with van der Waals surface area (Å²) in [6, 6.07) is 50.1. The van der Waals surface area contributed by atoms with Gasteiger partial charge in [0.05, 0.1) is 39.4 Å². The van der Waals surface area contributed by atoms with Gasteiger partial charge in [0, 0.05) is 32.8 Å². The molecule has 0 radical (unpaired) electrons. The van der Waals surface area contributed by atoms with Gasteiger partial charge < -0.3 is 8.98 Å². The van der Waals surface area contributed by atoms with Crippen molar-refractivity contribution in [2.45, 2.75) is 0 Å². The first-order valence-electron chi connectivity index (χ1n) is 14.6. The fourth-order valence-electron chi connectivity index (χ4n) is 6.57. The first kappa shape index (κ1) is 24.4. The van der Waals surface area contributed by atoms with Gasteiger partial charge in [-0.3, -0.25) is 0 Å². The molecule has 0 saturated heterocycles. The van der Waals surface area contributed by atoms with E-state index in [4.69, 9.17) is 9.40 Å². The second-order valence-corrected chi connectivity index (χ2v) is 11.1. The molecule has 2 aliphatic rings. The van der Waals surface area contributed by atoms with Crippen molar-refractivity contribution in [3.8, 4) is 45.5 Å². The Kier molecular flexibility index (Phi) is 5.23. The van der Waals surface area contributed by atoms with Crippen molar-refractivity contribution in [2.24, 2.45) is 0 Å². The van der Waals surface area contributed by atoms with Gasteiger partial charge in [-0.1, -0.05) is 84.9 Å². The standard InChI is InChI=1S/C40H23N3O/c41-24-25-14-20-30-33-23-28(19-21-35(33)43(36(30)22-25)29-8-2-1-3-9-29)26-15-17-27(18-16-26)40-38-31-10-4-6-12-34(31)42-39(38)32-11-5-7-13-37(32)44-40/h1-23H. The molecule has 4 heteroatoms. The van der Waals surface area contributed by atoms with E-state index in [2.05, 4.69) is 95.6 Å². The molecule has 7 aromatic rings. The Hall–Kier alpha value is -6.18. The summed E-state index contributed by atoms with van der Waals surface area (Å²) in [5, 5.41) is 14.0. The molecule has 3 heterocycles. The summed E-state index contributed by atoms with van der Waals surface area (Å²) in [6.07, 6.45) is 0. The maximum atomic E-state index is 9.61. The van der Waals surface area contributed by atoms with Gasteiger partial charge in [0.2, 0.25) is 0 Å². The molecule has 1 aromatic heterocycles. The number of aromatic nitrogens is 2. The number of benzene rings is 6. The maximum absolute atomic E-state index is 9.61. The van der Waals surface area contributed by atoms with Crippen LogP contribution in [-0.4, -0.2) is 9.55 Å². The molecule has 2 aliphatic heterocycles. The summed E-state index contributed by atoms with van der Waals surface area (Å²) in [4.78, 5) is 5.00. The van der Waals surface area contributed by atoms with Gasteiger partial charge in [-0.15, -0.1) is 0 Å². The zero-order valence-corrected chi connectivity index (χ0v) is 23.5. The summed E-state index contributed by atoms with van der Waals surface area (Å²) >= 11 is 0. The molecule has 6 aromatic carbocycles. The number of nitrogens with zero attached hydrogens (tertiary/aromatic N) is 3.